The lowest BCUT2D eigenvalue weighted by atomic mass is 10.1. The monoisotopic (exact) mass is 268 g/mol. The molecule has 4 heteroatoms. The summed E-state index contributed by atoms with van der Waals surface area (Å²) in [6, 6.07) is 7.58. The van der Waals surface area contributed by atoms with Gasteiger partial charge in [0.1, 0.15) is 5.75 Å². The second-order valence-electron chi connectivity index (χ2n) is 4.30. The molecule has 108 valence electrons. The molecule has 1 aromatic rings. The van der Waals surface area contributed by atoms with Gasteiger partial charge in [0, 0.05) is 20.1 Å². The maximum atomic E-state index is 9.67. The van der Waals surface area contributed by atoms with Crippen LogP contribution in [0.2, 0.25) is 0 Å². The van der Waals surface area contributed by atoms with E-state index in [4.69, 9.17) is 14.2 Å². The van der Waals surface area contributed by atoms with Gasteiger partial charge in [-0.15, -0.1) is 0 Å². The van der Waals surface area contributed by atoms with Crippen LogP contribution in [0.5, 0.6) is 5.75 Å². The molecule has 0 fully saturated rings. The second kappa shape index (κ2) is 9.78. The molecule has 0 aromatic heterocycles. The average Bonchev–Trinajstić information content (AvgIpc) is 2.46. The molecule has 1 aromatic carbocycles. The van der Waals surface area contributed by atoms with Crippen LogP contribution in [0.25, 0.3) is 0 Å². The molecule has 0 bridgehead atoms. The van der Waals surface area contributed by atoms with Crippen molar-refractivity contribution in [2.45, 2.75) is 25.9 Å². The molecule has 0 radical (unpaired) electrons. The van der Waals surface area contributed by atoms with E-state index in [0.717, 1.165) is 24.2 Å². The normalized spacial score (nSPS) is 12.4. The molecule has 1 rings (SSSR count). The van der Waals surface area contributed by atoms with Crippen LogP contribution in [-0.2, 0) is 9.47 Å². The highest BCUT2D eigenvalue weighted by Gasteiger charge is 2.04. The molecule has 1 unspecified atom stereocenters. The number of benzene rings is 1. The zero-order valence-electron chi connectivity index (χ0n) is 11.8. The van der Waals surface area contributed by atoms with Crippen LogP contribution < -0.4 is 4.74 Å². The lowest BCUT2D eigenvalue weighted by Crippen LogP contribution is -2.06. The van der Waals surface area contributed by atoms with Crippen molar-refractivity contribution in [2.24, 2.45) is 0 Å². The third-order valence-electron chi connectivity index (χ3n) is 2.79. The van der Waals surface area contributed by atoms with E-state index >= 15 is 0 Å². The fourth-order valence-corrected chi connectivity index (χ4v) is 1.62. The first-order valence-corrected chi connectivity index (χ1v) is 6.75. The summed E-state index contributed by atoms with van der Waals surface area (Å²) in [5.41, 5.74) is 0.928. The first-order valence-electron chi connectivity index (χ1n) is 6.75. The van der Waals surface area contributed by atoms with Crippen molar-refractivity contribution in [1.29, 1.82) is 0 Å². The Morgan fingerprint density at radius 3 is 2.42 bits per heavy atom. The van der Waals surface area contributed by atoms with Gasteiger partial charge in [-0.25, -0.2) is 0 Å². The van der Waals surface area contributed by atoms with Crippen LogP contribution in [0, 0.1) is 0 Å². The topological polar surface area (TPSA) is 47.9 Å². The summed E-state index contributed by atoms with van der Waals surface area (Å²) in [5.74, 6) is 0.823. The summed E-state index contributed by atoms with van der Waals surface area (Å²) < 4.78 is 15.8. The van der Waals surface area contributed by atoms with Crippen LogP contribution in [0.3, 0.4) is 0 Å². The SMILES string of the molecule is CCC(O)c1ccc(OCCCOCCOC)cc1. The average molecular weight is 268 g/mol. The maximum Gasteiger partial charge on any atom is 0.119 e. The molecule has 0 heterocycles. The van der Waals surface area contributed by atoms with Gasteiger partial charge in [0.2, 0.25) is 0 Å². The zero-order valence-corrected chi connectivity index (χ0v) is 11.8. The summed E-state index contributed by atoms with van der Waals surface area (Å²) in [6.07, 6.45) is 1.19. The van der Waals surface area contributed by atoms with E-state index in [0.29, 0.717) is 26.4 Å². The molecule has 1 atom stereocenters. The Hall–Kier alpha value is -1.10. The number of ether oxygens (including phenoxy) is 3. The molecular formula is C15H24O4. The van der Waals surface area contributed by atoms with Gasteiger partial charge in [-0.3, -0.25) is 0 Å². The van der Waals surface area contributed by atoms with Crippen LogP contribution in [0.15, 0.2) is 24.3 Å². The largest absolute Gasteiger partial charge is 0.494 e. The molecule has 1 N–H and O–H groups in total. The van der Waals surface area contributed by atoms with Gasteiger partial charge in [-0.05, 0) is 24.1 Å². The minimum Gasteiger partial charge on any atom is -0.494 e. The van der Waals surface area contributed by atoms with Crippen molar-refractivity contribution in [2.75, 3.05) is 33.5 Å². The third-order valence-corrected chi connectivity index (χ3v) is 2.79. The summed E-state index contributed by atoms with van der Waals surface area (Å²) in [4.78, 5) is 0. The van der Waals surface area contributed by atoms with Gasteiger partial charge in [0.15, 0.2) is 0 Å². The first-order chi connectivity index (χ1) is 9.27. The number of aliphatic hydroxyl groups excluding tert-OH is 1. The van der Waals surface area contributed by atoms with Crippen molar-refractivity contribution in [3.8, 4) is 5.75 Å². The summed E-state index contributed by atoms with van der Waals surface area (Å²) in [6.45, 7) is 4.51. The van der Waals surface area contributed by atoms with Gasteiger partial charge in [-0.1, -0.05) is 19.1 Å². The Morgan fingerprint density at radius 2 is 1.79 bits per heavy atom. The van der Waals surface area contributed by atoms with E-state index in [-0.39, 0.29) is 6.10 Å². The smallest absolute Gasteiger partial charge is 0.119 e. The molecule has 0 saturated carbocycles. The third kappa shape index (κ3) is 6.57. The molecular weight excluding hydrogens is 244 g/mol. The Kier molecular flexibility index (Phi) is 8.21. The highest BCUT2D eigenvalue weighted by molar-refractivity contribution is 5.28. The van der Waals surface area contributed by atoms with Gasteiger partial charge in [-0.2, -0.15) is 0 Å². The van der Waals surface area contributed by atoms with E-state index in [1.54, 1.807) is 7.11 Å². The second-order valence-corrected chi connectivity index (χ2v) is 4.30. The lowest BCUT2D eigenvalue weighted by Gasteiger charge is -2.10. The van der Waals surface area contributed by atoms with Crippen molar-refractivity contribution >= 4 is 0 Å². The molecule has 0 saturated heterocycles. The zero-order chi connectivity index (χ0) is 13.9. The standard InChI is InChI=1S/C15H24O4/c1-3-15(16)13-5-7-14(8-6-13)19-10-4-9-18-12-11-17-2/h5-8,15-16H,3-4,9-12H2,1-2H3. The summed E-state index contributed by atoms with van der Waals surface area (Å²) >= 11 is 0. The minimum absolute atomic E-state index is 0.386. The van der Waals surface area contributed by atoms with Gasteiger partial charge < -0.3 is 19.3 Å². The van der Waals surface area contributed by atoms with Crippen molar-refractivity contribution in [1.82, 2.24) is 0 Å². The van der Waals surface area contributed by atoms with Gasteiger partial charge in [0.25, 0.3) is 0 Å². The van der Waals surface area contributed by atoms with Crippen LogP contribution in [0.4, 0.5) is 0 Å². The minimum atomic E-state index is -0.386. The summed E-state index contributed by atoms with van der Waals surface area (Å²) in [5, 5.41) is 9.67. The molecule has 0 aliphatic carbocycles. The van der Waals surface area contributed by atoms with E-state index in [1.807, 2.05) is 31.2 Å². The lowest BCUT2D eigenvalue weighted by molar-refractivity contribution is 0.0644. The maximum absolute atomic E-state index is 9.67. The molecule has 0 aliphatic heterocycles. The van der Waals surface area contributed by atoms with E-state index < -0.39 is 0 Å². The van der Waals surface area contributed by atoms with E-state index in [2.05, 4.69) is 0 Å². The molecule has 4 nitrogen and oxygen atoms in total. The van der Waals surface area contributed by atoms with Crippen LogP contribution in [0.1, 0.15) is 31.4 Å². The molecule has 0 spiro atoms. The van der Waals surface area contributed by atoms with E-state index in [1.165, 1.54) is 0 Å². The fraction of sp³-hybridized carbons (Fsp3) is 0.600. The summed E-state index contributed by atoms with van der Waals surface area (Å²) in [7, 11) is 1.66. The molecule has 19 heavy (non-hydrogen) atoms. The Labute approximate surface area is 115 Å². The Balaban J connectivity index is 2.16. The number of methoxy groups -OCH3 is 1. The van der Waals surface area contributed by atoms with Gasteiger partial charge >= 0.3 is 0 Å². The molecule has 0 amide bonds. The highest BCUT2D eigenvalue weighted by atomic mass is 16.5. The van der Waals surface area contributed by atoms with Gasteiger partial charge in [0.05, 0.1) is 25.9 Å². The van der Waals surface area contributed by atoms with Crippen molar-refractivity contribution in [3.05, 3.63) is 29.8 Å². The Morgan fingerprint density at radius 1 is 1.05 bits per heavy atom. The predicted octanol–water partition coefficient (Wildman–Crippen LogP) is 2.56. The first kappa shape index (κ1) is 16.0. The van der Waals surface area contributed by atoms with Crippen LogP contribution >= 0.6 is 0 Å². The molecule has 0 aliphatic rings. The van der Waals surface area contributed by atoms with Crippen molar-refractivity contribution in [3.63, 3.8) is 0 Å². The number of hydrogen-bond donors (Lipinski definition) is 1. The van der Waals surface area contributed by atoms with Crippen LogP contribution in [-0.4, -0.2) is 38.6 Å². The Bertz CT molecular complexity index is 323. The van der Waals surface area contributed by atoms with E-state index in [9.17, 15) is 5.11 Å². The highest BCUT2D eigenvalue weighted by Crippen LogP contribution is 2.19. The number of aliphatic hydroxyl groups is 1. The quantitative estimate of drug-likeness (QED) is 0.663. The predicted molar refractivity (Wildman–Crippen MR) is 74.5 cm³/mol. The van der Waals surface area contributed by atoms with Crippen molar-refractivity contribution < 1.29 is 19.3 Å². The number of hydrogen-bond acceptors (Lipinski definition) is 4. The fourth-order valence-electron chi connectivity index (χ4n) is 1.62. The number of rotatable bonds is 10.